The number of nitrogens with one attached hydrogen (secondary N) is 1. The smallest absolute Gasteiger partial charge is 0.0374 e. The second kappa shape index (κ2) is 4.22. The zero-order valence-electron chi connectivity index (χ0n) is 10.8. The fourth-order valence-corrected chi connectivity index (χ4v) is 4.80. The molecule has 0 aliphatic carbocycles. The van der Waals surface area contributed by atoms with Gasteiger partial charge in [0, 0.05) is 31.2 Å². The highest BCUT2D eigenvalue weighted by Gasteiger charge is 2.46. The highest BCUT2D eigenvalue weighted by molar-refractivity contribution is 5.01. The summed E-state index contributed by atoms with van der Waals surface area (Å²) in [6.45, 7) is 4.06. The van der Waals surface area contributed by atoms with Crippen molar-refractivity contribution in [3.63, 3.8) is 0 Å². The first-order chi connectivity index (χ1) is 8.42. The number of rotatable bonds is 0. The van der Waals surface area contributed by atoms with E-state index in [1.165, 1.54) is 64.6 Å². The van der Waals surface area contributed by atoms with Crippen molar-refractivity contribution in [2.24, 2.45) is 5.92 Å². The Bertz CT molecular complexity index is 265. The molecule has 3 heteroatoms. The summed E-state index contributed by atoms with van der Waals surface area (Å²) >= 11 is 0. The molecule has 4 heterocycles. The molecule has 0 radical (unpaired) electrons. The number of hydrogen-bond donors (Lipinski definition) is 1. The van der Waals surface area contributed by atoms with Crippen LogP contribution in [0.1, 0.15) is 44.9 Å². The zero-order chi connectivity index (χ0) is 11.2. The summed E-state index contributed by atoms with van der Waals surface area (Å²) < 4.78 is 0. The Balaban J connectivity index is 1.56. The van der Waals surface area contributed by atoms with Gasteiger partial charge in [-0.05, 0) is 44.6 Å². The minimum atomic E-state index is 0.767. The maximum atomic E-state index is 3.88. The van der Waals surface area contributed by atoms with E-state index < -0.39 is 0 Å². The largest absolute Gasteiger partial charge is 0.298 e. The number of fused-ring (bicyclic) bond motifs is 6. The van der Waals surface area contributed by atoms with Crippen molar-refractivity contribution in [3.8, 4) is 0 Å². The van der Waals surface area contributed by atoms with Gasteiger partial charge in [0.1, 0.15) is 0 Å². The van der Waals surface area contributed by atoms with Crippen molar-refractivity contribution >= 4 is 0 Å². The van der Waals surface area contributed by atoms with Crippen molar-refractivity contribution in [2.45, 2.75) is 63.1 Å². The van der Waals surface area contributed by atoms with E-state index in [2.05, 4.69) is 15.3 Å². The summed E-state index contributed by atoms with van der Waals surface area (Å²) in [5.74, 6) is 0.955. The Hall–Kier alpha value is -0.120. The van der Waals surface area contributed by atoms with Gasteiger partial charge in [0.2, 0.25) is 0 Å². The Labute approximate surface area is 104 Å². The molecule has 0 aromatic heterocycles. The first-order valence-electron chi connectivity index (χ1n) is 7.69. The molecule has 96 valence electrons. The van der Waals surface area contributed by atoms with Crippen molar-refractivity contribution < 1.29 is 0 Å². The van der Waals surface area contributed by atoms with Gasteiger partial charge in [-0.1, -0.05) is 12.8 Å². The molecule has 3 nitrogen and oxygen atoms in total. The molecule has 4 fully saturated rings. The van der Waals surface area contributed by atoms with Crippen molar-refractivity contribution in [1.29, 1.82) is 0 Å². The van der Waals surface area contributed by atoms with Crippen LogP contribution in [0.3, 0.4) is 0 Å². The van der Waals surface area contributed by atoms with Crippen LogP contribution in [0.25, 0.3) is 0 Å². The summed E-state index contributed by atoms with van der Waals surface area (Å²) in [7, 11) is 0. The Morgan fingerprint density at radius 1 is 0.882 bits per heavy atom. The Morgan fingerprint density at radius 2 is 1.71 bits per heavy atom. The first-order valence-corrected chi connectivity index (χ1v) is 7.69. The van der Waals surface area contributed by atoms with Gasteiger partial charge in [0.25, 0.3) is 0 Å². The molecule has 1 N–H and O–H groups in total. The van der Waals surface area contributed by atoms with Crippen LogP contribution in [0.4, 0.5) is 0 Å². The molecular formula is C14H25N3. The van der Waals surface area contributed by atoms with Gasteiger partial charge in [-0.15, -0.1) is 0 Å². The molecule has 4 rings (SSSR count). The van der Waals surface area contributed by atoms with Gasteiger partial charge in [0.05, 0.1) is 0 Å². The highest BCUT2D eigenvalue weighted by atomic mass is 15.6. The molecule has 4 aliphatic heterocycles. The summed E-state index contributed by atoms with van der Waals surface area (Å²) in [6.07, 6.45) is 10.1. The molecular weight excluding hydrogens is 210 g/mol. The summed E-state index contributed by atoms with van der Waals surface area (Å²) in [6, 6.07) is 2.47. The third kappa shape index (κ3) is 1.74. The minimum Gasteiger partial charge on any atom is -0.298 e. The van der Waals surface area contributed by atoms with Crippen LogP contribution in [-0.2, 0) is 0 Å². The van der Waals surface area contributed by atoms with Gasteiger partial charge in [0.15, 0.2) is 0 Å². The van der Waals surface area contributed by atoms with E-state index in [1.54, 1.807) is 0 Å². The Kier molecular flexibility index (Phi) is 2.67. The van der Waals surface area contributed by atoms with E-state index >= 15 is 0 Å². The van der Waals surface area contributed by atoms with Gasteiger partial charge in [-0.2, -0.15) is 0 Å². The Morgan fingerprint density at radius 3 is 2.65 bits per heavy atom. The quantitative estimate of drug-likeness (QED) is 0.688. The molecule has 4 aliphatic rings. The van der Waals surface area contributed by atoms with E-state index in [-0.39, 0.29) is 0 Å². The topological polar surface area (TPSA) is 18.5 Å². The van der Waals surface area contributed by atoms with Crippen molar-refractivity contribution in [2.75, 3.05) is 19.6 Å². The van der Waals surface area contributed by atoms with Gasteiger partial charge < -0.3 is 0 Å². The molecule has 4 atom stereocenters. The number of nitrogens with zero attached hydrogens (tertiary/aromatic N) is 2. The molecule has 0 saturated carbocycles. The lowest BCUT2D eigenvalue weighted by Gasteiger charge is -2.57. The van der Waals surface area contributed by atoms with E-state index in [0.717, 1.165) is 24.0 Å². The highest BCUT2D eigenvalue weighted by Crippen LogP contribution is 2.38. The van der Waals surface area contributed by atoms with Gasteiger partial charge in [-0.25, -0.2) is 5.01 Å². The van der Waals surface area contributed by atoms with Crippen molar-refractivity contribution in [1.82, 2.24) is 15.3 Å². The maximum absolute atomic E-state index is 3.88. The van der Waals surface area contributed by atoms with Crippen LogP contribution in [0.2, 0.25) is 0 Å². The molecule has 0 aromatic rings. The SMILES string of the molecule is C1CCN2N[C@@H]3C[C@@H](CN4CCCC[C@@H]34)[C@H]2C1. The third-order valence-electron chi connectivity index (χ3n) is 5.58. The van der Waals surface area contributed by atoms with Crippen LogP contribution in [0.15, 0.2) is 0 Å². The van der Waals surface area contributed by atoms with Crippen LogP contribution in [-0.4, -0.2) is 47.7 Å². The number of piperidine rings is 3. The average Bonchev–Trinajstić information content (AvgIpc) is 2.39. The summed E-state index contributed by atoms with van der Waals surface area (Å²) in [5, 5.41) is 2.62. The predicted octanol–water partition coefficient (Wildman–Crippen LogP) is 1.60. The van der Waals surface area contributed by atoms with E-state index in [1.807, 2.05) is 0 Å². The molecule has 2 bridgehead atoms. The van der Waals surface area contributed by atoms with Gasteiger partial charge >= 0.3 is 0 Å². The lowest BCUT2D eigenvalue weighted by atomic mass is 9.76. The molecule has 0 amide bonds. The minimum absolute atomic E-state index is 0.767. The molecule has 0 unspecified atom stereocenters. The van der Waals surface area contributed by atoms with Crippen molar-refractivity contribution in [3.05, 3.63) is 0 Å². The van der Waals surface area contributed by atoms with Crippen LogP contribution >= 0.6 is 0 Å². The maximum Gasteiger partial charge on any atom is 0.0374 e. The fraction of sp³-hybridized carbons (Fsp3) is 1.00. The van der Waals surface area contributed by atoms with Gasteiger partial charge in [-0.3, -0.25) is 10.3 Å². The van der Waals surface area contributed by atoms with Crippen LogP contribution < -0.4 is 5.43 Å². The normalized spacial score (nSPS) is 47.3. The monoisotopic (exact) mass is 235 g/mol. The molecule has 4 saturated heterocycles. The molecule has 0 aromatic carbocycles. The lowest BCUT2D eigenvalue weighted by Crippen LogP contribution is -2.70. The summed E-state index contributed by atoms with van der Waals surface area (Å²) in [4.78, 5) is 2.81. The second-order valence-corrected chi connectivity index (χ2v) is 6.55. The summed E-state index contributed by atoms with van der Waals surface area (Å²) in [5.41, 5.74) is 3.88. The van der Waals surface area contributed by atoms with Crippen LogP contribution in [0, 0.1) is 5.92 Å². The molecule has 0 spiro atoms. The molecule has 17 heavy (non-hydrogen) atoms. The third-order valence-corrected chi connectivity index (χ3v) is 5.58. The predicted molar refractivity (Wildman–Crippen MR) is 68.6 cm³/mol. The second-order valence-electron chi connectivity index (χ2n) is 6.55. The zero-order valence-corrected chi connectivity index (χ0v) is 10.8. The standard InChI is InChI=1S/C14H25N3/c1-3-7-16-10-11-9-12(14(16)6-1)15-17-8-4-2-5-13(11)17/h11-15H,1-10H2/t11-,12+,13+,14-/m0/s1. The lowest BCUT2D eigenvalue weighted by molar-refractivity contribution is -0.0897. The average molecular weight is 235 g/mol. The van der Waals surface area contributed by atoms with E-state index in [4.69, 9.17) is 0 Å². The first kappa shape index (κ1) is 10.8. The van der Waals surface area contributed by atoms with E-state index in [0.29, 0.717) is 0 Å². The number of hydrogen-bond acceptors (Lipinski definition) is 3. The fourth-order valence-electron chi connectivity index (χ4n) is 4.80. The van der Waals surface area contributed by atoms with E-state index in [9.17, 15) is 0 Å². The number of hydrazine groups is 1. The van der Waals surface area contributed by atoms with Crippen LogP contribution in [0.5, 0.6) is 0 Å².